The average molecular weight is 510 g/mol. The van der Waals surface area contributed by atoms with Gasteiger partial charge < -0.3 is 4.98 Å². The molecule has 5 aromatic rings. The fourth-order valence-electron chi connectivity index (χ4n) is 4.34. The Bertz CT molecular complexity index is 1660. The Hall–Kier alpha value is -4.28. The normalized spacial score (nSPS) is 12.1. The molecule has 0 saturated heterocycles. The molecule has 2 aromatic carbocycles. The molecule has 1 N–H and O–H groups in total. The summed E-state index contributed by atoms with van der Waals surface area (Å²) in [6, 6.07) is 12.4. The summed E-state index contributed by atoms with van der Waals surface area (Å²) in [5, 5.41) is 3.66. The molecule has 0 aliphatic heterocycles. The van der Waals surface area contributed by atoms with E-state index in [1.807, 2.05) is 13.8 Å². The van der Waals surface area contributed by atoms with Crippen LogP contribution in [-0.4, -0.2) is 29.3 Å². The van der Waals surface area contributed by atoms with Gasteiger partial charge in [-0.15, -0.1) is 0 Å². The van der Waals surface area contributed by atoms with E-state index in [1.54, 1.807) is 43.3 Å². The number of aromatic amines is 1. The lowest BCUT2D eigenvalue weighted by molar-refractivity contribution is -0.141. The van der Waals surface area contributed by atoms with Crippen molar-refractivity contribution < 1.29 is 17.6 Å². The van der Waals surface area contributed by atoms with E-state index >= 15 is 0 Å². The summed E-state index contributed by atoms with van der Waals surface area (Å²) in [5.41, 5.74) is 1.99. The predicted molar refractivity (Wildman–Crippen MR) is 130 cm³/mol. The Morgan fingerprint density at radius 1 is 1.08 bits per heavy atom. The quantitative estimate of drug-likeness (QED) is 0.312. The molecule has 11 heteroatoms. The fourth-order valence-corrected chi connectivity index (χ4v) is 4.34. The number of alkyl halides is 3. The molecule has 0 spiro atoms. The molecule has 0 amide bonds. The Labute approximate surface area is 208 Å². The lowest BCUT2D eigenvalue weighted by Crippen LogP contribution is -2.18. The first-order valence-corrected chi connectivity index (χ1v) is 11.5. The van der Waals surface area contributed by atoms with E-state index in [0.717, 1.165) is 11.6 Å². The zero-order valence-corrected chi connectivity index (χ0v) is 20.1. The molecule has 0 bridgehead atoms. The molecular weight excluding hydrogens is 488 g/mol. The number of aryl methyl sites for hydroxylation is 1. The lowest BCUT2D eigenvalue weighted by Gasteiger charge is -2.13. The molecule has 37 heavy (non-hydrogen) atoms. The third-order valence-corrected chi connectivity index (χ3v) is 6.08. The van der Waals surface area contributed by atoms with Crippen LogP contribution in [0.15, 0.2) is 59.5 Å². The summed E-state index contributed by atoms with van der Waals surface area (Å²) in [6.45, 7) is 5.46. The maximum absolute atomic E-state index is 14.5. The number of fused-ring (bicyclic) bond motifs is 1. The highest BCUT2D eigenvalue weighted by molar-refractivity contribution is 5.74. The van der Waals surface area contributed by atoms with E-state index in [4.69, 9.17) is 0 Å². The molecule has 3 aromatic heterocycles. The first-order chi connectivity index (χ1) is 17.5. The second-order valence-corrected chi connectivity index (χ2v) is 9.05. The molecule has 0 saturated carbocycles. The fraction of sp³-hybridized carbons (Fsp3) is 0.231. The van der Waals surface area contributed by atoms with Crippen molar-refractivity contribution in [2.24, 2.45) is 0 Å². The van der Waals surface area contributed by atoms with Gasteiger partial charge in [-0.3, -0.25) is 4.57 Å². The van der Waals surface area contributed by atoms with Gasteiger partial charge in [0.2, 0.25) is 0 Å². The summed E-state index contributed by atoms with van der Waals surface area (Å²) in [4.78, 5) is 24.4. The van der Waals surface area contributed by atoms with Gasteiger partial charge in [-0.2, -0.15) is 18.3 Å². The van der Waals surface area contributed by atoms with Gasteiger partial charge >= 0.3 is 11.9 Å². The van der Waals surface area contributed by atoms with Crippen LogP contribution in [-0.2, 0) is 12.7 Å². The van der Waals surface area contributed by atoms with Crippen LogP contribution in [0.2, 0.25) is 0 Å². The molecule has 0 atom stereocenters. The highest BCUT2D eigenvalue weighted by atomic mass is 19.4. The number of halogens is 4. The standard InChI is InChI=1S/C26H22F4N6O/c1-14(2)22-18(5-4-6-19(22)27)23-31-12-20-24(33-23)35(25(37)32-20)13-16-7-9-17(10-8-16)36-15(3)11-21(34-36)26(28,29)30/h4-12,14H,13H2,1-3H3,(H,32,37). The van der Waals surface area contributed by atoms with Crippen LogP contribution in [0.5, 0.6) is 0 Å². The number of nitrogens with one attached hydrogen (secondary N) is 1. The van der Waals surface area contributed by atoms with Gasteiger partial charge in [0.15, 0.2) is 17.2 Å². The summed E-state index contributed by atoms with van der Waals surface area (Å²) in [7, 11) is 0. The largest absolute Gasteiger partial charge is 0.435 e. The van der Waals surface area contributed by atoms with E-state index in [1.165, 1.54) is 21.5 Å². The van der Waals surface area contributed by atoms with Crippen LogP contribution in [0, 0.1) is 12.7 Å². The van der Waals surface area contributed by atoms with Gasteiger partial charge in [0.25, 0.3) is 0 Å². The van der Waals surface area contributed by atoms with Gasteiger partial charge in [0, 0.05) is 16.8 Å². The van der Waals surface area contributed by atoms with Crippen LogP contribution < -0.4 is 5.69 Å². The molecular formula is C26H22F4N6O. The predicted octanol–water partition coefficient (Wildman–Crippen LogP) is 5.61. The smallest absolute Gasteiger partial charge is 0.303 e. The van der Waals surface area contributed by atoms with E-state index in [9.17, 15) is 22.4 Å². The van der Waals surface area contributed by atoms with Crippen molar-refractivity contribution in [2.75, 3.05) is 0 Å². The van der Waals surface area contributed by atoms with E-state index < -0.39 is 17.6 Å². The van der Waals surface area contributed by atoms with Crippen molar-refractivity contribution in [3.63, 3.8) is 0 Å². The van der Waals surface area contributed by atoms with Gasteiger partial charge in [-0.05, 0) is 42.7 Å². The maximum Gasteiger partial charge on any atom is 0.435 e. The number of H-pyrrole nitrogens is 1. The molecule has 0 aliphatic rings. The summed E-state index contributed by atoms with van der Waals surface area (Å²) in [6.07, 6.45) is -3.04. The second-order valence-electron chi connectivity index (χ2n) is 9.05. The van der Waals surface area contributed by atoms with Gasteiger partial charge in [0.1, 0.15) is 11.3 Å². The monoisotopic (exact) mass is 510 g/mol. The van der Waals surface area contributed by atoms with Crippen molar-refractivity contribution in [3.05, 3.63) is 93.5 Å². The number of imidazole rings is 1. The molecule has 7 nitrogen and oxygen atoms in total. The molecule has 5 rings (SSSR count). The summed E-state index contributed by atoms with van der Waals surface area (Å²) < 4.78 is 56.2. The van der Waals surface area contributed by atoms with Crippen molar-refractivity contribution in [1.29, 1.82) is 0 Å². The maximum atomic E-state index is 14.5. The highest BCUT2D eigenvalue weighted by Crippen LogP contribution is 2.31. The number of rotatable bonds is 5. The summed E-state index contributed by atoms with van der Waals surface area (Å²) in [5.74, 6) is -0.154. The Balaban J connectivity index is 1.49. The van der Waals surface area contributed by atoms with Crippen LogP contribution in [0.1, 0.15) is 42.3 Å². The third-order valence-electron chi connectivity index (χ3n) is 6.08. The Morgan fingerprint density at radius 2 is 1.81 bits per heavy atom. The highest BCUT2D eigenvalue weighted by Gasteiger charge is 2.34. The van der Waals surface area contributed by atoms with Gasteiger partial charge in [0.05, 0.1) is 18.4 Å². The van der Waals surface area contributed by atoms with Crippen molar-refractivity contribution in [1.82, 2.24) is 29.3 Å². The molecule has 190 valence electrons. The zero-order chi connectivity index (χ0) is 26.5. The zero-order valence-electron chi connectivity index (χ0n) is 20.1. The minimum absolute atomic E-state index is 0.104. The van der Waals surface area contributed by atoms with Crippen LogP contribution >= 0.6 is 0 Å². The number of hydrogen-bond acceptors (Lipinski definition) is 4. The minimum atomic E-state index is -4.53. The molecule has 0 aliphatic carbocycles. The molecule has 3 heterocycles. The Kier molecular flexibility index (Phi) is 5.93. The van der Waals surface area contributed by atoms with E-state index in [-0.39, 0.29) is 18.3 Å². The first kappa shape index (κ1) is 24.4. The lowest BCUT2D eigenvalue weighted by atomic mass is 9.96. The topological polar surface area (TPSA) is 81.4 Å². The minimum Gasteiger partial charge on any atom is -0.303 e. The number of aromatic nitrogens is 6. The summed E-state index contributed by atoms with van der Waals surface area (Å²) >= 11 is 0. The Morgan fingerprint density at radius 3 is 2.46 bits per heavy atom. The van der Waals surface area contributed by atoms with Crippen molar-refractivity contribution in [3.8, 4) is 17.1 Å². The number of benzene rings is 2. The molecule has 0 fully saturated rings. The average Bonchev–Trinajstić information content (AvgIpc) is 3.38. The molecule has 0 radical (unpaired) electrons. The number of hydrogen-bond donors (Lipinski definition) is 1. The van der Waals surface area contributed by atoms with E-state index in [0.29, 0.717) is 39.5 Å². The third kappa shape index (κ3) is 4.52. The van der Waals surface area contributed by atoms with Crippen molar-refractivity contribution in [2.45, 2.75) is 39.4 Å². The molecule has 0 unspecified atom stereocenters. The SMILES string of the molecule is Cc1cc(C(F)(F)F)nn1-c1ccc(Cn2c(=O)[nH]c3cnc(-c4cccc(F)c4C(C)C)nc32)cc1. The van der Waals surface area contributed by atoms with Crippen molar-refractivity contribution >= 4 is 11.2 Å². The van der Waals surface area contributed by atoms with Crippen LogP contribution in [0.25, 0.3) is 28.2 Å². The van der Waals surface area contributed by atoms with E-state index in [2.05, 4.69) is 20.1 Å². The van der Waals surface area contributed by atoms with Crippen LogP contribution in [0.4, 0.5) is 17.6 Å². The van der Waals surface area contributed by atoms with Gasteiger partial charge in [-0.25, -0.2) is 23.8 Å². The van der Waals surface area contributed by atoms with Gasteiger partial charge in [-0.1, -0.05) is 38.1 Å². The number of nitrogens with zero attached hydrogens (tertiary/aromatic N) is 5. The first-order valence-electron chi connectivity index (χ1n) is 11.5. The van der Waals surface area contributed by atoms with Crippen LogP contribution in [0.3, 0.4) is 0 Å². The second kappa shape index (κ2) is 8.99.